The normalized spacial score (nSPS) is 11.0. The topological polar surface area (TPSA) is 40.5 Å². The summed E-state index contributed by atoms with van der Waals surface area (Å²) in [6.45, 7) is 4.28. The summed E-state index contributed by atoms with van der Waals surface area (Å²) in [6.07, 6.45) is 6.14. The lowest BCUT2D eigenvalue weighted by Gasteiger charge is -2.12. The molecule has 25 heavy (non-hydrogen) atoms. The van der Waals surface area contributed by atoms with Crippen molar-refractivity contribution >= 4 is 35.0 Å². The lowest BCUT2D eigenvalue weighted by Crippen LogP contribution is -1.89. The van der Waals surface area contributed by atoms with E-state index in [2.05, 4.69) is 13.8 Å². The Kier molecular flexibility index (Phi) is 7.80. The number of unbranched alkanes of at least 4 members (excludes halogenated alkanes) is 2. The van der Waals surface area contributed by atoms with Crippen LogP contribution in [0.4, 0.5) is 0 Å². The Labute approximate surface area is 164 Å². The van der Waals surface area contributed by atoms with E-state index in [0.717, 1.165) is 49.7 Å². The molecule has 0 heterocycles. The number of phenolic OH excluding ortho intramolecular Hbond substituents is 2. The van der Waals surface area contributed by atoms with E-state index in [-0.39, 0.29) is 11.5 Å². The van der Waals surface area contributed by atoms with Crippen molar-refractivity contribution in [1.29, 1.82) is 0 Å². The standard InChI is InChI=1S/C20H24Cl2O2S/c1-3-5-7-13-9-15(21)19(23)17(11-13)25-18-12-14(8-6-4-2)10-16(22)20(18)24/h9-12,23-24H,3-8H2,1-2H3. The molecule has 0 spiro atoms. The van der Waals surface area contributed by atoms with Crippen molar-refractivity contribution < 1.29 is 10.2 Å². The first-order chi connectivity index (χ1) is 12.0. The second kappa shape index (κ2) is 9.61. The van der Waals surface area contributed by atoms with Crippen molar-refractivity contribution in [3.05, 3.63) is 45.4 Å². The fourth-order valence-corrected chi connectivity index (χ4v) is 4.25. The van der Waals surface area contributed by atoms with Gasteiger partial charge in [-0.25, -0.2) is 0 Å². The minimum absolute atomic E-state index is 0.0430. The molecule has 0 saturated carbocycles. The minimum Gasteiger partial charge on any atom is -0.505 e. The summed E-state index contributed by atoms with van der Waals surface area (Å²) >= 11 is 13.7. The Morgan fingerprint density at radius 2 is 1.16 bits per heavy atom. The maximum Gasteiger partial charge on any atom is 0.148 e. The molecule has 2 aromatic carbocycles. The third-order valence-electron chi connectivity index (χ3n) is 4.03. The van der Waals surface area contributed by atoms with Crippen LogP contribution in [0.5, 0.6) is 11.5 Å². The molecule has 0 bridgehead atoms. The number of hydrogen-bond acceptors (Lipinski definition) is 3. The first-order valence-corrected chi connectivity index (χ1v) is 10.2. The molecule has 0 aromatic heterocycles. The molecular weight excluding hydrogens is 375 g/mol. The molecule has 0 aliphatic heterocycles. The van der Waals surface area contributed by atoms with E-state index < -0.39 is 0 Å². The van der Waals surface area contributed by atoms with Crippen LogP contribution in [0.3, 0.4) is 0 Å². The van der Waals surface area contributed by atoms with E-state index in [1.165, 1.54) is 11.8 Å². The van der Waals surface area contributed by atoms with Crippen LogP contribution in [-0.4, -0.2) is 10.2 Å². The minimum atomic E-state index is 0.0430. The highest BCUT2D eigenvalue weighted by Crippen LogP contribution is 2.45. The maximum absolute atomic E-state index is 10.3. The van der Waals surface area contributed by atoms with Crippen molar-refractivity contribution in [2.75, 3.05) is 0 Å². The highest BCUT2D eigenvalue weighted by atomic mass is 35.5. The molecule has 2 N–H and O–H groups in total. The number of rotatable bonds is 8. The monoisotopic (exact) mass is 398 g/mol. The van der Waals surface area contributed by atoms with E-state index in [4.69, 9.17) is 23.2 Å². The molecular formula is C20H24Cl2O2S. The lowest BCUT2D eigenvalue weighted by atomic mass is 10.1. The van der Waals surface area contributed by atoms with E-state index >= 15 is 0 Å². The fraction of sp³-hybridized carbons (Fsp3) is 0.400. The molecule has 2 aromatic rings. The summed E-state index contributed by atoms with van der Waals surface area (Å²) in [6, 6.07) is 7.49. The smallest absolute Gasteiger partial charge is 0.148 e. The number of aryl methyl sites for hydroxylation is 2. The second-order valence-corrected chi connectivity index (χ2v) is 8.06. The number of hydrogen-bond donors (Lipinski definition) is 2. The number of aromatic hydroxyl groups is 2. The van der Waals surface area contributed by atoms with Gasteiger partial charge >= 0.3 is 0 Å². The molecule has 0 unspecified atom stereocenters. The van der Waals surface area contributed by atoms with Crippen LogP contribution in [0.15, 0.2) is 34.1 Å². The highest BCUT2D eigenvalue weighted by Gasteiger charge is 2.15. The first-order valence-electron chi connectivity index (χ1n) is 8.66. The summed E-state index contributed by atoms with van der Waals surface area (Å²) in [5, 5.41) is 21.3. The number of phenols is 2. The van der Waals surface area contributed by atoms with Crippen LogP contribution in [-0.2, 0) is 12.8 Å². The lowest BCUT2D eigenvalue weighted by molar-refractivity contribution is 0.459. The molecule has 0 saturated heterocycles. The average molecular weight is 399 g/mol. The van der Waals surface area contributed by atoms with E-state index in [1.807, 2.05) is 12.1 Å². The molecule has 136 valence electrons. The average Bonchev–Trinajstić information content (AvgIpc) is 2.59. The summed E-state index contributed by atoms with van der Waals surface area (Å²) in [7, 11) is 0. The van der Waals surface area contributed by atoms with Gasteiger partial charge < -0.3 is 10.2 Å². The van der Waals surface area contributed by atoms with Crippen molar-refractivity contribution in [2.45, 2.75) is 62.2 Å². The molecule has 0 atom stereocenters. The summed E-state index contributed by atoms with van der Waals surface area (Å²) in [5.41, 5.74) is 2.17. The quantitative estimate of drug-likeness (QED) is 0.491. The zero-order valence-corrected chi connectivity index (χ0v) is 16.9. The van der Waals surface area contributed by atoms with E-state index in [1.54, 1.807) is 12.1 Å². The van der Waals surface area contributed by atoms with Gasteiger partial charge in [0, 0.05) is 0 Å². The zero-order chi connectivity index (χ0) is 18.4. The predicted molar refractivity (Wildman–Crippen MR) is 108 cm³/mol. The summed E-state index contributed by atoms with van der Waals surface area (Å²) < 4.78 is 0. The van der Waals surface area contributed by atoms with E-state index in [9.17, 15) is 10.2 Å². The Morgan fingerprint density at radius 1 is 0.760 bits per heavy atom. The summed E-state index contributed by atoms with van der Waals surface area (Å²) in [5.74, 6) is 0.0859. The van der Waals surface area contributed by atoms with Crippen molar-refractivity contribution in [3.8, 4) is 11.5 Å². The van der Waals surface area contributed by atoms with Gasteiger partial charge in [-0.3, -0.25) is 0 Å². The SMILES string of the molecule is CCCCc1cc(Cl)c(O)c(Sc2cc(CCCC)cc(Cl)c2O)c1. The highest BCUT2D eigenvalue weighted by molar-refractivity contribution is 7.99. The molecule has 0 aliphatic carbocycles. The Bertz CT molecular complexity index is 671. The van der Waals surface area contributed by atoms with Gasteiger partial charge in [0.1, 0.15) is 11.5 Å². The molecule has 2 nitrogen and oxygen atoms in total. The third-order valence-corrected chi connectivity index (χ3v) is 5.67. The number of benzene rings is 2. The summed E-state index contributed by atoms with van der Waals surface area (Å²) in [4.78, 5) is 1.27. The van der Waals surface area contributed by atoms with Crippen LogP contribution in [0.25, 0.3) is 0 Å². The van der Waals surface area contributed by atoms with Gasteiger partial charge in [-0.2, -0.15) is 0 Å². The largest absolute Gasteiger partial charge is 0.505 e. The Balaban J connectivity index is 2.34. The fourth-order valence-electron chi connectivity index (χ4n) is 2.58. The molecule has 2 rings (SSSR count). The van der Waals surface area contributed by atoms with Crippen LogP contribution >= 0.6 is 35.0 Å². The zero-order valence-electron chi connectivity index (χ0n) is 14.6. The van der Waals surface area contributed by atoms with Gasteiger partial charge in [0.25, 0.3) is 0 Å². The second-order valence-electron chi connectivity index (χ2n) is 6.16. The van der Waals surface area contributed by atoms with Crippen LogP contribution in [0.1, 0.15) is 50.7 Å². The van der Waals surface area contributed by atoms with Crippen LogP contribution in [0.2, 0.25) is 10.0 Å². The van der Waals surface area contributed by atoms with Gasteiger partial charge in [-0.05, 0) is 61.1 Å². The molecule has 0 radical (unpaired) electrons. The van der Waals surface area contributed by atoms with Crippen molar-refractivity contribution in [2.24, 2.45) is 0 Å². The van der Waals surface area contributed by atoms with Gasteiger partial charge in [-0.1, -0.05) is 61.7 Å². The van der Waals surface area contributed by atoms with Crippen LogP contribution < -0.4 is 0 Å². The van der Waals surface area contributed by atoms with Gasteiger partial charge in [0.05, 0.1) is 19.8 Å². The predicted octanol–water partition coefficient (Wildman–Crippen LogP) is 7.24. The number of halogens is 2. The Hall–Kier alpha value is -1.03. The molecule has 0 fully saturated rings. The van der Waals surface area contributed by atoms with Crippen molar-refractivity contribution in [3.63, 3.8) is 0 Å². The van der Waals surface area contributed by atoms with Crippen LogP contribution in [0, 0.1) is 0 Å². The Morgan fingerprint density at radius 3 is 1.52 bits per heavy atom. The molecule has 0 amide bonds. The first kappa shape index (κ1) is 20.3. The van der Waals surface area contributed by atoms with E-state index in [0.29, 0.717) is 19.8 Å². The molecule has 0 aliphatic rings. The van der Waals surface area contributed by atoms with Gasteiger partial charge in [-0.15, -0.1) is 0 Å². The third kappa shape index (κ3) is 5.47. The maximum atomic E-state index is 10.3. The van der Waals surface area contributed by atoms with Gasteiger partial charge in [0.2, 0.25) is 0 Å². The molecule has 5 heteroatoms. The van der Waals surface area contributed by atoms with Crippen molar-refractivity contribution in [1.82, 2.24) is 0 Å². The van der Waals surface area contributed by atoms with Gasteiger partial charge in [0.15, 0.2) is 0 Å².